The summed E-state index contributed by atoms with van der Waals surface area (Å²) in [6.45, 7) is 1.22. The van der Waals surface area contributed by atoms with Crippen LogP contribution >= 0.6 is 23.5 Å². The number of anilines is 1. The van der Waals surface area contributed by atoms with Gasteiger partial charge in [-0.3, -0.25) is 9.09 Å². The molecule has 2 aliphatic rings. The highest BCUT2D eigenvalue weighted by Gasteiger charge is 2.96. The standard InChI is InChI=1S/C11H16F2N3O13P3/c1-2-9-6(27-31(22,23)29-32(24,25)28-30(19,20)21)10(9,18)11(12,13)7(26-9)16-4-3-5(14)15-8(16)17/h3-4,6-7,18H,2H2,1H3,(H,22,23)(H,24,25)(H2,14,15,17)(H2,19,20,21)/t6?,7-,9-,10-/m1/s1. The summed E-state index contributed by atoms with van der Waals surface area (Å²) in [5, 5.41) is 10.6. The molecule has 0 bridgehead atoms. The van der Waals surface area contributed by atoms with Gasteiger partial charge in [0.1, 0.15) is 17.5 Å². The van der Waals surface area contributed by atoms with Crippen molar-refractivity contribution in [1.82, 2.24) is 9.55 Å². The van der Waals surface area contributed by atoms with Crippen molar-refractivity contribution in [3.63, 3.8) is 0 Å². The fourth-order valence-electron chi connectivity index (χ4n) is 3.49. The van der Waals surface area contributed by atoms with Gasteiger partial charge in [0.2, 0.25) is 6.23 Å². The second-order valence-corrected chi connectivity index (χ2v) is 11.1. The summed E-state index contributed by atoms with van der Waals surface area (Å²) in [5.41, 5.74) is -1.69. The largest absolute Gasteiger partial charge is 0.490 e. The molecule has 3 unspecified atom stereocenters. The lowest BCUT2D eigenvalue weighted by Crippen LogP contribution is -2.46. The van der Waals surface area contributed by atoms with E-state index < -0.39 is 65.0 Å². The first-order valence-corrected chi connectivity index (χ1v) is 12.8. The number of aliphatic hydroxyl groups is 1. The predicted molar refractivity (Wildman–Crippen MR) is 94.7 cm³/mol. The zero-order valence-corrected chi connectivity index (χ0v) is 18.3. The van der Waals surface area contributed by atoms with Crippen molar-refractivity contribution in [2.45, 2.75) is 42.8 Å². The fourth-order valence-corrected chi connectivity index (χ4v) is 6.74. The second-order valence-electron chi connectivity index (χ2n) is 6.72. The monoisotopic (exact) mass is 529 g/mol. The van der Waals surface area contributed by atoms with Gasteiger partial charge in [-0.15, -0.1) is 0 Å². The average Bonchev–Trinajstić information content (AvgIpc) is 3.00. The van der Waals surface area contributed by atoms with Gasteiger partial charge < -0.3 is 35.2 Å². The number of rotatable bonds is 8. The van der Waals surface area contributed by atoms with E-state index >= 15 is 8.78 Å². The van der Waals surface area contributed by atoms with Crippen molar-refractivity contribution in [2.75, 3.05) is 5.73 Å². The lowest BCUT2D eigenvalue weighted by atomic mass is 10.1. The smallest absolute Gasteiger partial charge is 0.383 e. The van der Waals surface area contributed by atoms with Crippen LogP contribution in [0.5, 0.6) is 0 Å². The summed E-state index contributed by atoms with van der Waals surface area (Å²) in [5.74, 6) is -4.63. The molecule has 6 atom stereocenters. The van der Waals surface area contributed by atoms with Crippen molar-refractivity contribution in [3.05, 3.63) is 22.7 Å². The van der Waals surface area contributed by atoms with E-state index in [2.05, 4.69) is 18.1 Å². The minimum atomic E-state index is -5.93. The van der Waals surface area contributed by atoms with E-state index in [0.29, 0.717) is 4.57 Å². The molecule has 32 heavy (non-hydrogen) atoms. The number of halogens is 2. The number of fused-ring (bicyclic) bond motifs is 1. The Morgan fingerprint density at radius 2 is 1.81 bits per heavy atom. The van der Waals surface area contributed by atoms with E-state index in [-0.39, 0.29) is 5.82 Å². The first-order valence-electron chi connectivity index (χ1n) is 8.27. The van der Waals surface area contributed by atoms with Gasteiger partial charge in [-0.25, -0.2) is 18.5 Å². The van der Waals surface area contributed by atoms with Crippen molar-refractivity contribution in [1.29, 1.82) is 0 Å². The number of hydrogen-bond donors (Lipinski definition) is 6. The van der Waals surface area contributed by atoms with Crippen LogP contribution in [0.2, 0.25) is 0 Å². The van der Waals surface area contributed by atoms with Crippen molar-refractivity contribution >= 4 is 29.3 Å². The molecule has 1 saturated heterocycles. The Kier molecular flexibility index (Phi) is 5.92. The molecule has 1 aliphatic heterocycles. The predicted octanol–water partition coefficient (Wildman–Crippen LogP) is -0.405. The van der Waals surface area contributed by atoms with Gasteiger partial charge in [0.25, 0.3) is 0 Å². The van der Waals surface area contributed by atoms with E-state index in [1.807, 2.05) is 0 Å². The molecule has 0 radical (unpaired) electrons. The topological polar surface area (TPSA) is 250 Å². The number of alkyl halides is 2. The molecule has 0 aromatic carbocycles. The Morgan fingerprint density at radius 1 is 1.22 bits per heavy atom. The normalized spacial score (nSPS) is 35.0. The molecule has 0 spiro atoms. The van der Waals surface area contributed by atoms with Gasteiger partial charge in [-0.2, -0.15) is 22.4 Å². The quantitative estimate of drug-likeness (QED) is 0.234. The molecule has 7 N–H and O–H groups in total. The molecule has 3 rings (SSSR count). The lowest BCUT2D eigenvalue weighted by Gasteiger charge is -2.28. The Morgan fingerprint density at radius 3 is 2.28 bits per heavy atom. The van der Waals surface area contributed by atoms with Crippen LogP contribution in [0.25, 0.3) is 0 Å². The van der Waals surface area contributed by atoms with Crippen molar-refractivity contribution in [2.24, 2.45) is 0 Å². The van der Waals surface area contributed by atoms with E-state index in [4.69, 9.17) is 25.2 Å². The van der Waals surface area contributed by atoms with Crippen molar-refractivity contribution in [3.8, 4) is 0 Å². The molecule has 21 heteroatoms. The number of nitrogen functional groups attached to an aromatic ring is 1. The summed E-state index contributed by atoms with van der Waals surface area (Å²) in [7, 11) is -17.5. The van der Waals surface area contributed by atoms with Crippen LogP contribution in [0.4, 0.5) is 14.6 Å². The SMILES string of the molecule is CC[C@]12O[C@@H](n3ccc(N)nc3=O)C(F)(F)[C@@]1(O)C2OP(=O)(O)OP(=O)(O)OP(=O)(O)O. The summed E-state index contributed by atoms with van der Waals surface area (Å²) >= 11 is 0. The Hall–Kier alpha value is -1.13. The maximum Gasteiger partial charge on any atom is 0.490 e. The molecular formula is C11H16F2N3O13P3. The lowest BCUT2D eigenvalue weighted by molar-refractivity contribution is -0.199. The summed E-state index contributed by atoms with van der Waals surface area (Å²) in [4.78, 5) is 51.0. The number of phosphoric ester groups is 1. The van der Waals surface area contributed by atoms with E-state index in [9.17, 15) is 28.5 Å². The fraction of sp³-hybridized carbons (Fsp3) is 0.636. The van der Waals surface area contributed by atoms with Crippen LogP contribution < -0.4 is 11.4 Å². The summed E-state index contributed by atoms with van der Waals surface area (Å²) in [6, 6.07) is 0.997. The molecule has 1 aliphatic carbocycles. The van der Waals surface area contributed by atoms with Crippen LogP contribution in [-0.2, 0) is 31.6 Å². The van der Waals surface area contributed by atoms with Gasteiger partial charge >= 0.3 is 35.1 Å². The van der Waals surface area contributed by atoms with Gasteiger partial charge in [0, 0.05) is 6.20 Å². The van der Waals surface area contributed by atoms with Crippen LogP contribution in [0, 0.1) is 0 Å². The van der Waals surface area contributed by atoms with Gasteiger partial charge in [-0.05, 0) is 12.5 Å². The minimum absolute atomic E-state index is 0.285. The minimum Gasteiger partial charge on any atom is -0.383 e. The molecule has 2 fully saturated rings. The Bertz CT molecular complexity index is 1140. The number of nitrogens with zero attached hydrogens (tertiary/aromatic N) is 2. The third-order valence-electron chi connectivity index (χ3n) is 4.79. The molecule has 182 valence electrons. The van der Waals surface area contributed by atoms with Crippen LogP contribution in [0.1, 0.15) is 19.6 Å². The van der Waals surface area contributed by atoms with Gasteiger partial charge in [0.15, 0.2) is 5.60 Å². The Labute approximate surface area is 176 Å². The highest BCUT2D eigenvalue weighted by atomic mass is 31.3. The molecular weight excluding hydrogens is 513 g/mol. The first kappa shape index (κ1) is 25.5. The number of nitrogens with two attached hydrogens (primary N) is 1. The number of phosphoric acid groups is 3. The number of hydrogen-bond acceptors (Lipinski definition) is 11. The number of aromatic nitrogens is 2. The van der Waals surface area contributed by atoms with Crippen LogP contribution in [0.15, 0.2) is 17.1 Å². The van der Waals surface area contributed by atoms with E-state index in [1.165, 1.54) is 6.92 Å². The first-order chi connectivity index (χ1) is 14.3. The van der Waals surface area contributed by atoms with Gasteiger partial charge in [-0.1, -0.05) is 6.92 Å². The highest BCUT2D eigenvalue weighted by molar-refractivity contribution is 7.66. The maximum atomic E-state index is 15.1. The third kappa shape index (κ3) is 4.00. The van der Waals surface area contributed by atoms with Crippen LogP contribution in [0.3, 0.4) is 0 Å². The van der Waals surface area contributed by atoms with E-state index in [0.717, 1.165) is 12.3 Å². The number of ether oxygens (including phenoxy) is 1. The molecule has 1 saturated carbocycles. The molecule has 0 amide bonds. The summed E-state index contributed by atoms with van der Waals surface area (Å²) < 4.78 is 81.1. The average molecular weight is 529 g/mol. The van der Waals surface area contributed by atoms with E-state index in [1.54, 1.807) is 0 Å². The zero-order chi connectivity index (χ0) is 24.5. The van der Waals surface area contributed by atoms with Crippen molar-refractivity contribution < 1.29 is 65.0 Å². The molecule has 16 nitrogen and oxygen atoms in total. The Balaban J connectivity index is 1.88. The molecule has 1 aromatic heterocycles. The third-order valence-corrected chi connectivity index (χ3v) is 8.59. The molecule has 1 aromatic rings. The van der Waals surface area contributed by atoms with Gasteiger partial charge in [0.05, 0.1) is 0 Å². The highest BCUT2D eigenvalue weighted by Crippen LogP contribution is 2.75. The van der Waals surface area contributed by atoms with Crippen LogP contribution in [-0.4, -0.2) is 57.5 Å². The molecule has 2 heterocycles. The second kappa shape index (κ2) is 7.43. The zero-order valence-electron chi connectivity index (χ0n) is 15.6. The summed E-state index contributed by atoms with van der Waals surface area (Å²) in [6.07, 6.45) is -4.44. The maximum absolute atomic E-state index is 15.1.